The van der Waals surface area contributed by atoms with Gasteiger partial charge in [-0.1, -0.05) is 67.2 Å². The van der Waals surface area contributed by atoms with Crippen molar-refractivity contribution in [3.63, 3.8) is 0 Å². The van der Waals surface area contributed by atoms with Crippen LogP contribution in [0.25, 0.3) is 0 Å². The lowest BCUT2D eigenvalue weighted by Crippen LogP contribution is -2.38. The van der Waals surface area contributed by atoms with Crippen molar-refractivity contribution in [1.82, 2.24) is 15.2 Å². The minimum atomic E-state index is -0.666. The van der Waals surface area contributed by atoms with Gasteiger partial charge in [0.05, 0.1) is 35.6 Å². The van der Waals surface area contributed by atoms with E-state index in [0.717, 1.165) is 16.7 Å². The molecular formula is C29H26N4O5S. The van der Waals surface area contributed by atoms with E-state index in [2.05, 4.69) is 22.1 Å². The van der Waals surface area contributed by atoms with Gasteiger partial charge in [0.25, 0.3) is 11.8 Å². The minimum absolute atomic E-state index is 0.0225. The number of anilines is 1. The maximum atomic E-state index is 12.9. The lowest BCUT2D eigenvalue weighted by molar-refractivity contribution is -0.268. The molecule has 39 heavy (non-hydrogen) atoms. The van der Waals surface area contributed by atoms with E-state index in [4.69, 9.17) is 9.47 Å². The number of aliphatic hydroxyl groups excluding tert-OH is 1. The molecule has 198 valence electrons. The zero-order chi connectivity index (χ0) is 26.9. The molecule has 9 nitrogen and oxygen atoms in total. The lowest BCUT2D eigenvalue weighted by Gasteiger charge is -2.41. The number of H-pyrrole nitrogens is 1. The molecule has 3 aromatic carbocycles. The first-order valence-corrected chi connectivity index (χ1v) is 13.6. The van der Waals surface area contributed by atoms with E-state index in [9.17, 15) is 14.7 Å². The molecule has 3 heterocycles. The Morgan fingerprint density at radius 3 is 2.21 bits per heavy atom. The molecule has 0 spiro atoms. The Morgan fingerprint density at radius 1 is 0.923 bits per heavy atom. The maximum Gasteiger partial charge on any atom is 0.266 e. The molecule has 2 N–H and O–H groups in total. The standard InChI is InChI=1S/C29H26N4O5S/c1-17-24(15-39-29-30-16-31-32-29)37-28(38-25(17)19-8-6-18(14-34)7-9-19)20-10-12-21(13-11-20)33-26(35)22-4-2-3-5-23(22)27(33)36/h2-13,16-17,24-25,28,34H,14-15H2,1H3,(H,30,31,32)/t17-,24+,25+,28+/m1/s1. The summed E-state index contributed by atoms with van der Waals surface area (Å²) in [7, 11) is 0. The number of amides is 2. The summed E-state index contributed by atoms with van der Waals surface area (Å²) < 4.78 is 12.9. The highest BCUT2D eigenvalue weighted by Crippen LogP contribution is 2.43. The number of fused-ring (bicyclic) bond motifs is 1. The fourth-order valence-corrected chi connectivity index (χ4v) is 5.88. The van der Waals surface area contributed by atoms with Crippen LogP contribution in [0.15, 0.2) is 84.3 Å². The first-order chi connectivity index (χ1) is 19.0. The minimum Gasteiger partial charge on any atom is -0.392 e. The first-order valence-electron chi connectivity index (χ1n) is 12.6. The van der Waals surface area contributed by atoms with Crippen LogP contribution >= 0.6 is 11.8 Å². The average molecular weight is 543 g/mol. The fraction of sp³-hybridized carbons (Fsp3) is 0.241. The number of nitrogens with zero attached hydrogens (tertiary/aromatic N) is 3. The van der Waals surface area contributed by atoms with Gasteiger partial charge in [-0.15, -0.1) is 0 Å². The second kappa shape index (κ2) is 10.7. The Bertz CT molecular complexity index is 1440. The highest BCUT2D eigenvalue weighted by atomic mass is 32.2. The zero-order valence-corrected chi connectivity index (χ0v) is 21.9. The van der Waals surface area contributed by atoms with Gasteiger partial charge >= 0.3 is 0 Å². The van der Waals surface area contributed by atoms with Gasteiger partial charge < -0.3 is 14.6 Å². The molecule has 0 aliphatic carbocycles. The van der Waals surface area contributed by atoms with Gasteiger partial charge in [-0.3, -0.25) is 14.7 Å². The van der Waals surface area contributed by atoms with Crippen LogP contribution in [-0.4, -0.2) is 44.0 Å². The van der Waals surface area contributed by atoms with Crippen LogP contribution in [0.1, 0.15) is 56.7 Å². The monoisotopic (exact) mass is 542 g/mol. The van der Waals surface area contributed by atoms with E-state index in [1.165, 1.54) is 23.0 Å². The topological polar surface area (TPSA) is 118 Å². The van der Waals surface area contributed by atoms with Crippen LogP contribution in [0.3, 0.4) is 0 Å². The summed E-state index contributed by atoms with van der Waals surface area (Å²) >= 11 is 1.53. The SMILES string of the molecule is C[C@@H]1[C@H](CSc2ncn[nH]2)O[C@H](c2ccc(N3C(=O)c4ccccc4C3=O)cc2)O[C@@H]1c1ccc(CO)cc1. The molecular weight excluding hydrogens is 516 g/mol. The molecule has 1 fully saturated rings. The Morgan fingerprint density at radius 2 is 1.59 bits per heavy atom. The van der Waals surface area contributed by atoms with Gasteiger partial charge in [0.1, 0.15) is 6.33 Å². The number of aliphatic hydroxyl groups is 1. The van der Waals surface area contributed by atoms with Crippen LogP contribution in [0.5, 0.6) is 0 Å². The molecule has 2 amide bonds. The summed E-state index contributed by atoms with van der Waals surface area (Å²) in [5.74, 6) is -0.0140. The highest BCUT2D eigenvalue weighted by Gasteiger charge is 2.39. The number of imide groups is 1. The number of benzene rings is 3. The molecule has 2 aliphatic rings. The van der Waals surface area contributed by atoms with Crippen molar-refractivity contribution in [1.29, 1.82) is 0 Å². The third-order valence-electron chi connectivity index (χ3n) is 7.12. The molecule has 4 atom stereocenters. The molecule has 4 aromatic rings. The van der Waals surface area contributed by atoms with E-state index < -0.39 is 6.29 Å². The van der Waals surface area contributed by atoms with Crippen LogP contribution in [0.4, 0.5) is 5.69 Å². The Labute approximate surface area is 229 Å². The molecule has 0 saturated carbocycles. The molecule has 2 aliphatic heterocycles. The summed E-state index contributed by atoms with van der Waals surface area (Å²) in [6.45, 7) is 2.07. The molecule has 10 heteroatoms. The van der Waals surface area contributed by atoms with Crippen molar-refractivity contribution in [2.75, 3.05) is 10.7 Å². The number of hydrogen-bond donors (Lipinski definition) is 2. The van der Waals surface area contributed by atoms with Gasteiger partial charge in [-0.05, 0) is 35.4 Å². The van der Waals surface area contributed by atoms with Crippen LogP contribution in [0, 0.1) is 5.92 Å². The van der Waals surface area contributed by atoms with Crippen LogP contribution < -0.4 is 4.90 Å². The van der Waals surface area contributed by atoms with E-state index >= 15 is 0 Å². The predicted molar refractivity (Wildman–Crippen MR) is 144 cm³/mol. The van der Waals surface area contributed by atoms with Gasteiger partial charge in [0.2, 0.25) is 0 Å². The second-order valence-corrected chi connectivity index (χ2v) is 10.5. The third kappa shape index (κ3) is 4.87. The van der Waals surface area contributed by atoms with Crippen LogP contribution in [-0.2, 0) is 16.1 Å². The summed E-state index contributed by atoms with van der Waals surface area (Å²) in [6, 6.07) is 21.7. The summed E-state index contributed by atoms with van der Waals surface area (Å²) in [5, 5.41) is 17.0. The number of ether oxygens (including phenoxy) is 2. The van der Waals surface area contributed by atoms with Crippen molar-refractivity contribution < 1.29 is 24.2 Å². The summed E-state index contributed by atoms with van der Waals surface area (Å²) in [6.07, 6.45) is 0.381. The first kappa shape index (κ1) is 25.4. The van der Waals surface area contributed by atoms with Crippen molar-refractivity contribution in [2.45, 2.75) is 37.2 Å². The van der Waals surface area contributed by atoms with Crippen molar-refractivity contribution in [2.24, 2.45) is 5.92 Å². The van der Waals surface area contributed by atoms with Gasteiger partial charge in [0.15, 0.2) is 11.4 Å². The smallest absolute Gasteiger partial charge is 0.266 e. The number of aromatic amines is 1. The van der Waals surface area contributed by atoms with E-state index in [0.29, 0.717) is 27.7 Å². The van der Waals surface area contributed by atoms with Gasteiger partial charge in [-0.2, -0.15) is 5.10 Å². The van der Waals surface area contributed by atoms with Gasteiger partial charge in [0, 0.05) is 17.2 Å². The molecule has 1 saturated heterocycles. The number of rotatable bonds is 7. The number of carbonyl (C=O) groups is 2. The summed E-state index contributed by atoms with van der Waals surface area (Å²) in [4.78, 5) is 31.2. The molecule has 0 bridgehead atoms. The number of thioether (sulfide) groups is 1. The predicted octanol–water partition coefficient (Wildman–Crippen LogP) is 4.68. The van der Waals surface area contributed by atoms with Crippen LogP contribution in [0.2, 0.25) is 0 Å². The van der Waals surface area contributed by atoms with Crippen molar-refractivity contribution in [3.8, 4) is 0 Å². The number of nitrogens with one attached hydrogen (secondary N) is 1. The quantitative estimate of drug-likeness (QED) is 0.255. The normalized spacial score (nSPS) is 22.8. The molecule has 1 aromatic heterocycles. The Balaban J connectivity index is 1.25. The Kier molecular flexibility index (Phi) is 7.01. The fourth-order valence-electron chi connectivity index (χ4n) is 4.94. The second-order valence-electron chi connectivity index (χ2n) is 9.51. The molecule has 6 rings (SSSR count). The van der Waals surface area contributed by atoms with E-state index in [1.54, 1.807) is 36.4 Å². The highest BCUT2D eigenvalue weighted by molar-refractivity contribution is 7.99. The number of carbonyl (C=O) groups excluding carboxylic acids is 2. The Hall–Kier alpha value is -3.83. The molecule has 0 unspecified atom stereocenters. The lowest BCUT2D eigenvalue weighted by atomic mass is 9.91. The largest absolute Gasteiger partial charge is 0.392 e. The third-order valence-corrected chi connectivity index (χ3v) is 8.08. The number of aromatic nitrogens is 3. The number of hydrogen-bond acceptors (Lipinski definition) is 8. The maximum absolute atomic E-state index is 12.9. The molecule has 0 radical (unpaired) electrons. The van der Waals surface area contributed by atoms with Gasteiger partial charge in [-0.25, -0.2) is 9.88 Å². The average Bonchev–Trinajstić information content (AvgIpc) is 3.59. The van der Waals surface area contributed by atoms with Crippen molar-refractivity contribution >= 4 is 29.3 Å². The van der Waals surface area contributed by atoms with E-state index in [1.807, 2.05) is 36.4 Å². The summed E-state index contributed by atoms with van der Waals surface area (Å²) in [5.41, 5.74) is 3.89. The zero-order valence-electron chi connectivity index (χ0n) is 21.1. The van der Waals surface area contributed by atoms with E-state index in [-0.39, 0.29) is 36.5 Å². The van der Waals surface area contributed by atoms with Crippen molar-refractivity contribution in [3.05, 3.63) is 107 Å².